The number of ether oxygens (including phenoxy) is 1. The van der Waals surface area contributed by atoms with Gasteiger partial charge < -0.3 is 4.74 Å². The lowest BCUT2D eigenvalue weighted by Gasteiger charge is -2.13. The molecular formula is C14H10F3NO2. The van der Waals surface area contributed by atoms with Crippen molar-refractivity contribution in [2.75, 3.05) is 0 Å². The summed E-state index contributed by atoms with van der Waals surface area (Å²) in [5.74, 6) is -0.453. The van der Waals surface area contributed by atoms with Gasteiger partial charge in [0.15, 0.2) is 17.7 Å². The summed E-state index contributed by atoms with van der Waals surface area (Å²) in [6, 6.07) is 9.78. The lowest BCUT2D eigenvalue weighted by molar-refractivity contribution is -0.142. The molecule has 0 spiro atoms. The molecule has 0 saturated carbocycles. The molecule has 20 heavy (non-hydrogen) atoms. The SMILES string of the molecule is O=Cc1cnc(C(F)(F)F)c(OCc2ccccc2)c1. The Balaban J connectivity index is 2.26. The maximum absolute atomic E-state index is 12.8. The van der Waals surface area contributed by atoms with Gasteiger partial charge in [0.1, 0.15) is 6.61 Å². The van der Waals surface area contributed by atoms with Gasteiger partial charge in [0.25, 0.3) is 0 Å². The Morgan fingerprint density at radius 3 is 2.50 bits per heavy atom. The quantitative estimate of drug-likeness (QED) is 0.805. The molecule has 0 saturated heterocycles. The molecule has 0 aliphatic heterocycles. The molecule has 0 atom stereocenters. The van der Waals surface area contributed by atoms with Crippen molar-refractivity contribution in [1.29, 1.82) is 0 Å². The second-order valence-corrected chi connectivity index (χ2v) is 4.01. The number of halogens is 3. The maximum Gasteiger partial charge on any atom is 0.437 e. The molecule has 0 bridgehead atoms. The van der Waals surface area contributed by atoms with E-state index in [0.717, 1.165) is 17.8 Å². The van der Waals surface area contributed by atoms with Gasteiger partial charge in [-0.3, -0.25) is 4.79 Å². The zero-order valence-electron chi connectivity index (χ0n) is 10.2. The van der Waals surface area contributed by atoms with E-state index < -0.39 is 17.6 Å². The molecule has 2 rings (SSSR count). The lowest BCUT2D eigenvalue weighted by Crippen LogP contribution is -2.11. The maximum atomic E-state index is 12.8. The van der Waals surface area contributed by atoms with Crippen LogP contribution in [0.2, 0.25) is 0 Å². The van der Waals surface area contributed by atoms with Crippen molar-refractivity contribution in [3.8, 4) is 5.75 Å². The first-order chi connectivity index (χ1) is 9.50. The first-order valence-corrected chi connectivity index (χ1v) is 5.70. The third kappa shape index (κ3) is 3.34. The van der Waals surface area contributed by atoms with Crippen LogP contribution in [-0.2, 0) is 12.8 Å². The number of nitrogens with zero attached hydrogens (tertiary/aromatic N) is 1. The van der Waals surface area contributed by atoms with Gasteiger partial charge in [-0.2, -0.15) is 13.2 Å². The van der Waals surface area contributed by atoms with Crippen LogP contribution in [0.4, 0.5) is 13.2 Å². The summed E-state index contributed by atoms with van der Waals surface area (Å²) in [5.41, 5.74) is -0.391. The number of alkyl halides is 3. The zero-order valence-corrected chi connectivity index (χ0v) is 10.2. The highest BCUT2D eigenvalue weighted by atomic mass is 19.4. The average molecular weight is 281 g/mol. The Morgan fingerprint density at radius 2 is 1.90 bits per heavy atom. The molecule has 1 heterocycles. The van der Waals surface area contributed by atoms with E-state index in [1.165, 1.54) is 0 Å². The molecule has 1 aromatic heterocycles. The van der Waals surface area contributed by atoms with Gasteiger partial charge in [0.2, 0.25) is 0 Å². The first kappa shape index (κ1) is 14.0. The smallest absolute Gasteiger partial charge is 0.437 e. The summed E-state index contributed by atoms with van der Waals surface area (Å²) in [6.07, 6.45) is -3.35. The van der Waals surface area contributed by atoms with Crippen LogP contribution < -0.4 is 4.74 Å². The Morgan fingerprint density at radius 1 is 1.20 bits per heavy atom. The third-order valence-corrected chi connectivity index (χ3v) is 2.52. The van der Waals surface area contributed by atoms with E-state index in [1.807, 2.05) is 0 Å². The van der Waals surface area contributed by atoms with E-state index in [-0.39, 0.29) is 12.2 Å². The molecule has 0 aliphatic rings. The number of hydrogen-bond acceptors (Lipinski definition) is 3. The number of carbonyl (C=O) groups is 1. The number of rotatable bonds is 4. The topological polar surface area (TPSA) is 39.2 Å². The summed E-state index contributed by atoms with van der Waals surface area (Å²) >= 11 is 0. The van der Waals surface area contributed by atoms with Crippen LogP contribution in [-0.4, -0.2) is 11.3 Å². The van der Waals surface area contributed by atoms with Crippen molar-refractivity contribution in [3.63, 3.8) is 0 Å². The predicted molar refractivity (Wildman–Crippen MR) is 65.4 cm³/mol. The van der Waals surface area contributed by atoms with Crippen LogP contribution in [0, 0.1) is 0 Å². The minimum Gasteiger partial charge on any atom is -0.487 e. The van der Waals surface area contributed by atoms with Crippen LogP contribution in [0.25, 0.3) is 0 Å². The summed E-state index contributed by atoms with van der Waals surface area (Å²) in [6.45, 7) is -0.0338. The average Bonchev–Trinajstić information content (AvgIpc) is 2.45. The largest absolute Gasteiger partial charge is 0.487 e. The molecule has 104 valence electrons. The minimum atomic E-state index is -4.63. The number of benzene rings is 1. The van der Waals surface area contributed by atoms with Crippen LogP contribution in [0.3, 0.4) is 0 Å². The van der Waals surface area contributed by atoms with Gasteiger partial charge in [-0.25, -0.2) is 4.98 Å². The van der Waals surface area contributed by atoms with E-state index in [9.17, 15) is 18.0 Å². The number of pyridine rings is 1. The number of aldehydes is 1. The Kier molecular flexibility index (Phi) is 4.02. The normalized spacial score (nSPS) is 11.2. The molecule has 2 aromatic rings. The van der Waals surface area contributed by atoms with E-state index in [4.69, 9.17) is 4.74 Å². The highest BCUT2D eigenvalue weighted by Crippen LogP contribution is 2.35. The second-order valence-electron chi connectivity index (χ2n) is 4.01. The van der Waals surface area contributed by atoms with E-state index >= 15 is 0 Å². The molecule has 0 aliphatic carbocycles. The predicted octanol–water partition coefficient (Wildman–Crippen LogP) is 3.49. The Labute approximate surface area is 113 Å². The zero-order chi connectivity index (χ0) is 14.6. The summed E-state index contributed by atoms with van der Waals surface area (Å²) in [4.78, 5) is 13.9. The standard InChI is InChI=1S/C14H10F3NO2/c15-14(16,17)13-12(6-11(8-19)7-18-13)20-9-10-4-2-1-3-5-10/h1-8H,9H2. The van der Waals surface area contributed by atoms with E-state index in [2.05, 4.69) is 4.98 Å². The second kappa shape index (κ2) is 5.73. The molecule has 0 fully saturated rings. The van der Waals surface area contributed by atoms with Gasteiger partial charge >= 0.3 is 6.18 Å². The Hall–Kier alpha value is -2.37. The van der Waals surface area contributed by atoms with Gasteiger partial charge in [-0.15, -0.1) is 0 Å². The van der Waals surface area contributed by atoms with Gasteiger partial charge in [0, 0.05) is 11.8 Å². The Bertz CT molecular complexity index is 597. The van der Waals surface area contributed by atoms with Gasteiger partial charge in [-0.05, 0) is 11.6 Å². The van der Waals surface area contributed by atoms with Crippen LogP contribution in [0.15, 0.2) is 42.6 Å². The molecule has 0 radical (unpaired) electrons. The fraction of sp³-hybridized carbons (Fsp3) is 0.143. The molecule has 6 heteroatoms. The molecule has 0 amide bonds. The van der Waals surface area contributed by atoms with Crippen molar-refractivity contribution in [3.05, 3.63) is 59.4 Å². The van der Waals surface area contributed by atoms with Crippen molar-refractivity contribution in [1.82, 2.24) is 4.98 Å². The summed E-state index contributed by atoms with van der Waals surface area (Å²) in [5, 5.41) is 0. The first-order valence-electron chi connectivity index (χ1n) is 5.70. The van der Waals surface area contributed by atoms with E-state index in [0.29, 0.717) is 6.29 Å². The van der Waals surface area contributed by atoms with Crippen LogP contribution in [0.5, 0.6) is 5.75 Å². The highest BCUT2D eigenvalue weighted by molar-refractivity contribution is 5.75. The van der Waals surface area contributed by atoms with Crippen molar-refractivity contribution >= 4 is 6.29 Å². The van der Waals surface area contributed by atoms with Crippen LogP contribution in [0.1, 0.15) is 21.6 Å². The number of carbonyl (C=O) groups excluding carboxylic acids is 1. The minimum absolute atomic E-state index is 0.0288. The van der Waals surface area contributed by atoms with Crippen molar-refractivity contribution in [2.45, 2.75) is 12.8 Å². The van der Waals surface area contributed by atoms with E-state index in [1.54, 1.807) is 30.3 Å². The summed E-state index contributed by atoms with van der Waals surface area (Å²) in [7, 11) is 0. The van der Waals surface area contributed by atoms with Crippen LogP contribution >= 0.6 is 0 Å². The molecule has 0 N–H and O–H groups in total. The van der Waals surface area contributed by atoms with Crippen molar-refractivity contribution < 1.29 is 22.7 Å². The molecule has 0 unspecified atom stereocenters. The monoisotopic (exact) mass is 281 g/mol. The molecule has 3 nitrogen and oxygen atoms in total. The summed E-state index contributed by atoms with van der Waals surface area (Å²) < 4.78 is 43.5. The third-order valence-electron chi connectivity index (χ3n) is 2.52. The fourth-order valence-electron chi connectivity index (χ4n) is 1.58. The lowest BCUT2D eigenvalue weighted by atomic mass is 10.2. The van der Waals surface area contributed by atoms with Crippen molar-refractivity contribution in [2.24, 2.45) is 0 Å². The number of hydrogen-bond donors (Lipinski definition) is 0. The molecular weight excluding hydrogens is 271 g/mol. The molecule has 1 aromatic carbocycles. The highest BCUT2D eigenvalue weighted by Gasteiger charge is 2.36. The number of aromatic nitrogens is 1. The van der Waals surface area contributed by atoms with Gasteiger partial charge in [-0.1, -0.05) is 30.3 Å². The fourth-order valence-corrected chi connectivity index (χ4v) is 1.58. The van der Waals surface area contributed by atoms with Gasteiger partial charge in [0.05, 0.1) is 0 Å².